The molecule has 0 spiro atoms. The summed E-state index contributed by atoms with van der Waals surface area (Å²) in [6, 6.07) is 6.37. The van der Waals surface area contributed by atoms with E-state index in [1.807, 2.05) is 0 Å². The fourth-order valence-corrected chi connectivity index (χ4v) is 4.01. The first-order valence-corrected chi connectivity index (χ1v) is 8.75. The number of rotatable bonds is 3. The van der Waals surface area contributed by atoms with Gasteiger partial charge in [-0.3, -0.25) is 0 Å². The molecule has 1 aliphatic rings. The van der Waals surface area contributed by atoms with Gasteiger partial charge in [0, 0.05) is 23.0 Å². The van der Waals surface area contributed by atoms with Gasteiger partial charge in [0.1, 0.15) is 5.82 Å². The molecule has 0 unspecified atom stereocenters. The van der Waals surface area contributed by atoms with Crippen molar-refractivity contribution >= 4 is 27.0 Å². The molecule has 3 nitrogen and oxygen atoms in total. The van der Waals surface area contributed by atoms with Crippen molar-refractivity contribution in [3.8, 4) is 0 Å². The number of imidazole rings is 1. The molecule has 0 radical (unpaired) electrons. The van der Waals surface area contributed by atoms with Gasteiger partial charge in [-0.15, -0.1) is 0 Å². The molecule has 0 aliphatic heterocycles. The van der Waals surface area contributed by atoms with Crippen molar-refractivity contribution in [1.82, 2.24) is 9.55 Å². The molecule has 0 atom stereocenters. The van der Waals surface area contributed by atoms with Crippen molar-refractivity contribution in [3.63, 3.8) is 0 Å². The normalized spacial score (nSPS) is 26.4. The van der Waals surface area contributed by atoms with Gasteiger partial charge in [-0.2, -0.15) is 0 Å². The van der Waals surface area contributed by atoms with Crippen LogP contribution in [0.2, 0.25) is 0 Å². The zero-order chi connectivity index (χ0) is 15.0. The molecular formula is C17H24BrN3. The monoisotopic (exact) mass is 349 g/mol. The largest absolute Gasteiger partial charge is 0.329 e. The number of hydrogen-bond acceptors (Lipinski definition) is 2. The Kier molecular flexibility index (Phi) is 4.10. The van der Waals surface area contributed by atoms with Crippen LogP contribution in [0.1, 0.15) is 45.4 Å². The fraction of sp³-hybridized carbons (Fsp3) is 0.588. The van der Waals surface area contributed by atoms with Crippen molar-refractivity contribution in [3.05, 3.63) is 28.5 Å². The maximum atomic E-state index is 6.23. The number of aryl methyl sites for hydroxylation is 1. The lowest BCUT2D eigenvalue weighted by Gasteiger charge is -2.38. The third-order valence-corrected chi connectivity index (χ3v) is 5.62. The zero-order valence-corrected chi connectivity index (χ0v) is 14.5. The topological polar surface area (TPSA) is 43.8 Å². The Morgan fingerprint density at radius 3 is 2.71 bits per heavy atom. The third kappa shape index (κ3) is 2.53. The highest BCUT2D eigenvalue weighted by atomic mass is 79.9. The quantitative estimate of drug-likeness (QED) is 0.900. The van der Waals surface area contributed by atoms with Crippen LogP contribution in [-0.4, -0.2) is 16.1 Å². The minimum atomic E-state index is 0.0635. The van der Waals surface area contributed by atoms with Gasteiger partial charge in [0.05, 0.1) is 11.0 Å². The lowest BCUT2D eigenvalue weighted by molar-refractivity contribution is 0.232. The molecule has 3 rings (SSSR count). The molecule has 2 N–H and O–H groups in total. The number of nitrogens with zero attached hydrogens (tertiary/aromatic N) is 2. The molecule has 0 amide bonds. The van der Waals surface area contributed by atoms with Crippen molar-refractivity contribution in [2.75, 3.05) is 6.54 Å². The van der Waals surface area contributed by atoms with E-state index in [-0.39, 0.29) is 5.41 Å². The molecule has 4 heteroatoms. The average molecular weight is 350 g/mol. The van der Waals surface area contributed by atoms with E-state index in [9.17, 15) is 0 Å². The summed E-state index contributed by atoms with van der Waals surface area (Å²) in [7, 11) is 0. The van der Waals surface area contributed by atoms with Gasteiger partial charge in [-0.25, -0.2) is 4.98 Å². The first kappa shape index (κ1) is 15.0. The first-order valence-electron chi connectivity index (χ1n) is 7.96. The molecule has 1 heterocycles. The molecular weight excluding hydrogens is 326 g/mol. The smallest absolute Gasteiger partial charge is 0.117 e. The van der Waals surface area contributed by atoms with Gasteiger partial charge in [0.15, 0.2) is 0 Å². The highest BCUT2D eigenvalue weighted by Crippen LogP contribution is 2.41. The van der Waals surface area contributed by atoms with Gasteiger partial charge >= 0.3 is 0 Å². The van der Waals surface area contributed by atoms with Gasteiger partial charge < -0.3 is 10.3 Å². The van der Waals surface area contributed by atoms with Crippen molar-refractivity contribution in [2.24, 2.45) is 11.7 Å². The molecule has 1 saturated carbocycles. The Morgan fingerprint density at radius 1 is 1.38 bits per heavy atom. The van der Waals surface area contributed by atoms with Crippen LogP contribution >= 0.6 is 15.9 Å². The molecule has 114 valence electrons. The Labute approximate surface area is 135 Å². The molecule has 0 saturated heterocycles. The van der Waals surface area contributed by atoms with Crippen LogP contribution in [0.4, 0.5) is 0 Å². The molecule has 0 bridgehead atoms. The summed E-state index contributed by atoms with van der Waals surface area (Å²) in [6.45, 7) is 6.19. The molecule has 2 aromatic rings. The number of hydrogen-bond donors (Lipinski definition) is 1. The van der Waals surface area contributed by atoms with Gasteiger partial charge in [0.2, 0.25) is 0 Å². The second kappa shape index (κ2) is 5.73. The van der Waals surface area contributed by atoms with E-state index in [2.05, 4.69) is 52.5 Å². The summed E-state index contributed by atoms with van der Waals surface area (Å²) >= 11 is 3.55. The lowest BCUT2D eigenvalue weighted by Crippen LogP contribution is -2.41. The minimum Gasteiger partial charge on any atom is -0.329 e. The lowest BCUT2D eigenvalue weighted by atomic mass is 9.70. The number of nitrogens with two attached hydrogens (primary N) is 1. The SMILES string of the molecule is CCn1c(C2(CN)CCC(C)CC2)nc2cc(Br)ccc21. The fourth-order valence-electron chi connectivity index (χ4n) is 3.66. The van der Waals surface area contributed by atoms with Crippen molar-refractivity contribution in [1.29, 1.82) is 0 Å². The van der Waals surface area contributed by atoms with Crippen LogP contribution in [0.5, 0.6) is 0 Å². The highest BCUT2D eigenvalue weighted by molar-refractivity contribution is 9.10. The van der Waals surface area contributed by atoms with E-state index < -0.39 is 0 Å². The van der Waals surface area contributed by atoms with E-state index >= 15 is 0 Å². The Bertz CT molecular complexity index is 639. The number of halogens is 1. The molecule has 21 heavy (non-hydrogen) atoms. The maximum absolute atomic E-state index is 6.23. The second-order valence-corrected chi connectivity index (χ2v) is 7.40. The number of aromatic nitrogens is 2. The van der Waals surface area contributed by atoms with Crippen LogP contribution < -0.4 is 5.73 Å². The Hall–Kier alpha value is -0.870. The summed E-state index contributed by atoms with van der Waals surface area (Å²) in [5.41, 5.74) is 8.59. The van der Waals surface area contributed by atoms with E-state index in [4.69, 9.17) is 10.7 Å². The second-order valence-electron chi connectivity index (χ2n) is 6.48. The summed E-state index contributed by atoms with van der Waals surface area (Å²) in [6.07, 6.45) is 4.84. The van der Waals surface area contributed by atoms with E-state index in [1.165, 1.54) is 24.2 Å². The van der Waals surface area contributed by atoms with Crippen LogP contribution in [0.15, 0.2) is 22.7 Å². The summed E-state index contributed by atoms with van der Waals surface area (Å²) in [5, 5.41) is 0. The van der Waals surface area contributed by atoms with Crippen LogP contribution in [0.25, 0.3) is 11.0 Å². The Morgan fingerprint density at radius 2 is 2.10 bits per heavy atom. The number of fused-ring (bicyclic) bond motifs is 1. The highest BCUT2D eigenvalue weighted by Gasteiger charge is 2.38. The standard InChI is InChI=1S/C17H24BrN3/c1-3-21-15-5-4-13(18)10-14(15)20-16(21)17(11-19)8-6-12(2)7-9-17/h4-5,10,12H,3,6-9,11,19H2,1-2H3. The minimum absolute atomic E-state index is 0.0635. The third-order valence-electron chi connectivity index (χ3n) is 5.12. The van der Waals surface area contributed by atoms with Gasteiger partial charge in [0.25, 0.3) is 0 Å². The van der Waals surface area contributed by atoms with Gasteiger partial charge in [-0.05, 0) is 56.7 Å². The molecule has 1 aliphatic carbocycles. The summed E-state index contributed by atoms with van der Waals surface area (Å²) < 4.78 is 3.45. The van der Waals surface area contributed by atoms with Crippen molar-refractivity contribution < 1.29 is 0 Å². The summed E-state index contributed by atoms with van der Waals surface area (Å²) in [4.78, 5) is 4.99. The molecule has 1 fully saturated rings. The van der Waals surface area contributed by atoms with Crippen LogP contribution in [0, 0.1) is 5.92 Å². The van der Waals surface area contributed by atoms with E-state index in [0.717, 1.165) is 35.3 Å². The van der Waals surface area contributed by atoms with E-state index in [1.54, 1.807) is 0 Å². The van der Waals surface area contributed by atoms with Crippen LogP contribution in [0.3, 0.4) is 0 Å². The van der Waals surface area contributed by atoms with E-state index in [0.29, 0.717) is 6.54 Å². The van der Waals surface area contributed by atoms with Crippen molar-refractivity contribution in [2.45, 2.75) is 51.5 Å². The Balaban J connectivity index is 2.13. The predicted molar refractivity (Wildman–Crippen MR) is 91.5 cm³/mol. The van der Waals surface area contributed by atoms with Gasteiger partial charge in [-0.1, -0.05) is 22.9 Å². The maximum Gasteiger partial charge on any atom is 0.117 e. The predicted octanol–water partition coefficient (Wildman–Crippen LogP) is 4.23. The molecule has 1 aromatic carbocycles. The molecule has 1 aromatic heterocycles. The zero-order valence-electron chi connectivity index (χ0n) is 12.9. The summed E-state index contributed by atoms with van der Waals surface area (Å²) in [5.74, 6) is 2.02. The number of benzene rings is 1. The average Bonchev–Trinajstić information content (AvgIpc) is 2.86. The first-order chi connectivity index (χ1) is 10.1. The van der Waals surface area contributed by atoms with Crippen LogP contribution in [-0.2, 0) is 12.0 Å².